The maximum Gasteiger partial charge on any atom is 0.409 e. The summed E-state index contributed by atoms with van der Waals surface area (Å²) in [5, 5.41) is 23.9. The normalized spacial score (nSPS) is 25.1. The molecule has 4 aliphatic rings. The zero-order valence-corrected chi connectivity index (χ0v) is 43.3. The number of carbonyl (C=O) groups is 10. The second kappa shape index (κ2) is 25.4. The molecule has 1 aromatic rings. The number of methoxy groups -OCH3 is 2. The van der Waals surface area contributed by atoms with Crippen LogP contribution in [0.15, 0.2) is 48.1 Å². The molecule has 8 unspecified atom stereocenters. The molecule has 24 nitrogen and oxygen atoms in total. The second-order valence-corrected chi connectivity index (χ2v) is 19.0. The highest BCUT2D eigenvalue weighted by Crippen LogP contribution is 2.49. The highest BCUT2D eigenvalue weighted by atomic mass is 35.5. The van der Waals surface area contributed by atoms with Crippen LogP contribution in [0.5, 0.6) is 5.75 Å². The standard InChI is InChI=1S/C49H65ClN8O16/c1-27-11-9-12-34(71-8)49(69)23-33(72-47(68)55-49)28(2)45-48(4,74-45)35(22-43(66)57(6)31-20-30(19-27)21-32(70-7)44(31)50)73-46(67)29(3)56(5)40(63)16-17-51-37(60)24-53-39(62)26-54-38(61)25-52-36(59)13-10-18-58-41(64)14-15-42(58)65/h9,11-12,14-15,20-21,28-29,33-35,45,69H,10,13,16-19,22-26H2,1-8H3,(H,51,60)(H,52,59)(H,53,62)(H,54,61)(H,55,68). The lowest BCUT2D eigenvalue weighted by Gasteiger charge is -2.42. The molecule has 6 N–H and O–H groups in total. The first-order valence-corrected chi connectivity index (χ1v) is 24.2. The summed E-state index contributed by atoms with van der Waals surface area (Å²) in [6.07, 6.45) is 2.21. The number of likely N-dealkylation sites (N-methyl/N-ethyl adjacent to an activating group) is 1. The number of imide groups is 1. The summed E-state index contributed by atoms with van der Waals surface area (Å²) in [4.78, 5) is 130. The number of carbonyl (C=O) groups excluding carboxylic acids is 10. The fourth-order valence-electron chi connectivity index (χ4n) is 8.57. The minimum absolute atomic E-state index is 0.0413. The third-order valence-electron chi connectivity index (χ3n) is 13.2. The van der Waals surface area contributed by atoms with Gasteiger partial charge in [-0.05, 0) is 51.3 Å². The molecule has 5 rings (SSSR count). The Hall–Kier alpha value is -6.89. The van der Waals surface area contributed by atoms with E-state index in [2.05, 4.69) is 26.6 Å². The monoisotopic (exact) mass is 1060 g/mol. The van der Waals surface area contributed by atoms with Gasteiger partial charge in [-0.15, -0.1) is 0 Å². The minimum atomic E-state index is -1.90. The quantitative estimate of drug-likeness (QED) is 0.0644. The molecular weight excluding hydrogens is 992 g/mol. The maximum absolute atomic E-state index is 14.3. The molecule has 0 aliphatic carbocycles. The van der Waals surface area contributed by atoms with Crippen LogP contribution in [-0.2, 0) is 68.5 Å². The number of hydrogen-bond donors (Lipinski definition) is 6. The van der Waals surface area contributed by atoms with Gasteiger partial charge in [-0.3, -0.25) is 48.6 Å². The highest BCUT2D eigenvalue weighted by Gasteiger charge is 2.64. The number of esters is 1. The number of benzene rings is 1. The van der Waals surface area contributed by atoms with Gasteiger partial charge in [0.1, 0.15) is 40.7 Å². The summed E-state index contributed by atoms with van der Waals surface area (Å²) in [5.41, 5.74) is -1.32. The van der Waals surface area contributed by atoms with E-state index >= 15 is 0 Å². The molecule has 4 bridgehead atoms. The number of nitrogens with one attached hydrogen (secondary N) is 5. The van der Waals surface area contributed by atoms with E-state index in [1.165, 1.54) is 40.1 Å². The zero-order valence-electron chi connectivity index (χ0n) is 42.6. The predicted octanol–water partition coefficient (Wildman–Crippen LogP) is 0.0746. The summed E-state index contributed by atoms with van der Waals surface area (Å²) in [6, 6.07) is 2.27. The van der Waals surface area contributed by atoms with Gasteiger partial charge in [0.15, 0.2) is 5.72 Å². The Bertz CT molecular complexity index is 2450. The van der Waals surface area contributed by atoms with Crippen LogP contribution in [0.2, 0.25) is 5.02 Å². The van der Waals surface area contributed by atoms with Crippen molar-refractivity contribution >= 4 is 76.6 Å². The Morgan fingerprint density at radius 3 is 2.20 bits per heavy atom. The van der Waals surface area contributed by atoms with Gasteiger partial charge in [0.25, 0.3) is 11.8 Å². The van der Waals surface area contributed by atoms with E-state index in [1.807, 2.05) is 13.0 Å². The fourth-order valence-corrected chi connectivity index (χ4v) is 8.88. The Balaban J connectivity index is 1.16. The maximum atomic E-state index is 14.3. The Labute approximate surface area is 432 Å². The Kier molecular flexibility index (Phi) is 19.9. The molecule has 0 spiro atoms. The van der Waals surface area contributed by atoms with Gasteiger partial charge in [0.2, 0.25) is 35.4 Å². The topological polar surface area (TPSA) is 310 Å². The second-order valence-electron chi connectivity index (χ2n) is 18.6. The lowest BCUT2D eigenvalue weighted by molar-refractivity contribution is -0.162. The van der Waals surface area contributed by atoms with Crippen LogP contribution < -0.4 is 36.2 Å². The number of nitrogens with zero attached hydrogens (tertiary/aromatic N) is 3. The molecule has 4 heterocycles. The molecule has 2 saturated heterocycles. The Morgan fingerprint density at radius 2 is 1.58 bits per heavy atom. The van der Waals surface area contributed by atoms with E-state index in [1.54, 1.807) is 38.1 Å². The number of rotatable bonds is 18. The summed E-state index contributed by atoms with van der Waals surface area (Å²) < 4.78 is 29.2. The van der Waals surface area contributed by atoms with E-state index in [9.17, 15) is 53.1 Å². The third kappa shape index (κ3) is 14.9. The number of anilines is 1. The van der Waals surface area contributed by atoms with Gasteiger partial charge in [-0.2, -0.15) is 0 Å². The molecule has 0 saturated carbocycles. The SMILES string of the molecule is COc1cc2cc(c1Cl)N(C)C(=O)CC(OC(=O)C(C)N(C)C(=O)CCNC(=O)CNC(=O)CNC(=O)CNC(=O)CCCN1C(=O)C=CC1=O)C1(C)OC1C(C)C1CC(O)(NC(=O)O1)C(OC)C=CC=C(C)C2. The van der Waals surface area contributed by atoms with Crippen LogP contribution in [0, 0.1) is 5.92 Å². The van der Waals surface area contributed by atoms with Crippen LogP contribution in [0.1, 0.15) is 65.4 Å². The number of amides is 9. The number of fused-ring (bicyclic) bond motifs is 5. The number of hydrogen-bond acceptors (Lipinski definition) is 16. The molecule has 1 aromatic carbocycles. The van der Waals surface area contributed by atoms with Gasteiger partial charge in [-0.25, -0.2) is 9.59 Å². The molecule has 404 valence electrons. The Morgan fingerprint density at radius 1 is 0.959 bits per heavy atom. The van der Waals surface area contributed by atoms with Crippen LogP contribution in [-0.4, -0.2) is 177 Å². The molecule has 8 atom stereocenters. The van der Waals surface area contributed by atoms with Gasteiger partial charge in [-0.1, -0.05) is 42.3 Å². The number of halogens is 1. The molecule has 25 heteroatoms. The van der Waals surface area contributed by atoms with Crippen molar-refractivity contribution in [3.63, 3.8) is 0 Å². The molecular formula is C49H65ClN8O16. The van der Waals surface area contributed by atoms with Gasteiger partial charge in [0, 0.05) is 71.6 Å². The lowest BCUT2D eigenvalue weighted by atomic mass is 9.83. The van der Waals surface area contributed by atoms with Crippen molar-refractivity contribution in [2.45, 2.75) is 108 Å². The number of allylic oxidation sites excluding steroid dienone is 3. The number of alkyl carbamates (subject to hydrolysis) is 1. The van der Waals surface area contributed by atoms with Crippen molar-refractivity contribution in [3.05, 3.63) is 58.7 Å². The average Bonchev–Trinajstić information content (AvgIpc) is 3.96. The van der Waals surface area contributed by atoms with Gasteiger partial charge >= 0.3 is 12.1 Å². The third-order valence-corrected chi connectivity index (χ3v) is 13.6. The van der Waals surface area contributed by atoms with Crippen molar-refractivity contribution in [2.24, 2.45) is 5.92 Å². The van der Waals surface area contributed by atoms with Crippen molar-refractivity contribution in [1.29, 1.82) is 0 Å². The molecule has 0 radical (unpaired) electrons. The molecule has 2 fully saturated rings. The first-order valence-electron chi connectivity index (χ1n) is 23.9. The largest absolute Gasteiger partial charge is 0.495 e. The number of aliphatic hydroxyl groups is 1. The van der Waals surface area contributed by atoms with E-state index in [4.69, 9.17) is 35.3 Å². The summed E-state index contributed by atoms with van der Waals surface area (Å²) >= 11 is 6.78. The molecule has 4 aliphatic heterocycles. The highest BCUT2D eigenvalue weighted by molar-refractivity contribution is 6.35. The summed E-state index contributed by atoms with van der Waals surface area (Å²) in [5.74, 6) is -5.83. The van der Waals surface area contributed by atoms with Crippen LogP contribution in [0.3, 0.4) is 0 Å². The van der Waals surface area contributed by atoms with E-state index in [-0.39, 0.29) is 43.8 Å². The van der Waals surface area contributed by atoms with E-state index in [0.29, 0.717) is 17.9 Å². The zero-order chi connectivity index (χ0) is 54.7. The minimum Gasteiger partial charge on any atom is -0.495 e. The first kappa shape index (κ1) is 58.0. The van der Waals surface area contributed by atoms with Gasteiger partial charge < -0.3 is 59.9 Å². The summed E-state index contributed by atoms with van der Waals surface area (Å²) in [7, 11) is 5.71. The van der Waals surface area contributed by atoms with Gasteiger partial charge in [0.05, 0.1) is 45.0 Å². The molecule has 74 heavy (non-hydrogen) atoms. The smallest absolute Gasteiger partial charge is 0.409 e. The molecule has 0 aromatic heterocycles. The van der Waals surface area contributed by atoms with E-state index < -0.39 is 133 Å². The van der Waals surface area contributed by atoms with Crippen molar-refractivity contribution < 1.29 is 76.7 Å². The first-order chi connectivity index (χ1) is 34.9. The van der Waals surface area contributed by atoms with Crippen molar-refractivity contribution in [1.82, 2.24) is 36.4 Å². The fraction of sp³-hybridized carbons (Fsp3) is 0.551. The van der Waals surface area contributed by atoms with Crippen molar-refractivity contribution in [3.8, 4) is 5.75 Å². The van der Waals surface area contributed by atoms with E-state index in [0.717, 1.165) is 33.1 Å². The average molecular weight is 1060 g/mol. The van der Waals surface area contributed by atoms with Crippen LogP contribution in [0.4, 0.5) is 10.5 Å². The van der Waals surface area contributed by atoms with Crippen LogP contribution in [0.25, 0.3) is 0 Å². The summed E-state index contributed by atoms with van der Waals surface area (Å²) in [6.45, 7) is 5.08. The number of epoxide rings is 1. The predicted molar refractivity (Wildman–Crippen MR) is 263 cm³/mol. The number of ether oxygens (including phenoxy) is 5. The molecule has 9 amide bonds. The van der Waals surface area contributed by atoms with Crippen LogP contribution >= 0.6 is 11.6 Å². The van der Waals surface area contributed by atoms with Crippen molar-refractivity contribution in [2.75, 3.05) is 65.9 Å². The lowest BCUT2D eigenvalue weighted by Crippen LogP contribution is -2.63.